The summed E-state index contributed by atoms with van der Waals surface area (Å²) in [5, 5.41) is 0. The Kier molecular flexibility index (Phi) is 5.13. The predicted octanol–water partition coefficient (Wildman–Crippen LogP) is 7.79. The van der Waals surface area contributed by atoms with Crippen molar-refractivity contribution in [3.8, 4) is 22.3 Å². The molecule has 132 valence electrons. The van der Waals surface area contributed by atoms with E-state index >= 15 is 0 Å². The molecule has 0 saturated heterocycles. The molecule has 0 aromatic heterocycles. The second kappa shape index (κ2) is 7.85. The summed E-state index contributed by atoms with van der Waals surface area (Å²) in [6, 6.07) is 34.4. The van der Waals surface area contributed by atoms with E-state index in [4.69, 9.17) is 0 Å². The lowest BCUT2D eigenvalue weighted by Crippen LogP contribution is -1.89. The SMILES string of the molecule is Cc1c(Sc2cccc(-c3ccccc3)c2C)cccc1-c1ccccc1. The van der Waals surface area contributed by atoms with Crippen molar-refractivity contribution in [2.75, 3.05) is 0 Å². The van der Waals surface area contributed by atoms with Gasteiger partial charge in [0.25, 0.3) is 0 Å². The van der Waals surface area contributed by atoms with Crippen LogP contribution in [0.2, 0.25) is 0 Å². The molecule has 0 N–H and O–H groups in total. The van der Waals surface area contributed by atoms with Crippen molar-refractivity contribution in [3.63, 3.8) is 0 Å². The Bertz CT molecular complexity index is 963. The first-order valence-corrected chi connectivity index (χ1v) is 10.0. The van der Waals surface area contributed by atoms with Crippen LogP contribution in [-0.2, 0) is 0 Å². The summed E-state index contributed by atoms with van der Waals surface area (Å²) in [6.07, 6.45) is 0. The van der Waals surface area contributed by atoms with Crippen LogP contribution in [0.3, 0.4) is 0 Å². The first-order chi connectivity index (χ1) is 13.2. The third kappa shape index (κ3) is 3.70. The van der Waals surface area contributed by atoms with Crippen molar-refractivity contribution in [2.24, 2.45) is 0 Å². The minimum absolute atomic E-state index is 1.27. The molecule has 0 atom stereocenters. The van der Waals surface area contributed by atoms with Crippen LogP contribution >= 0.6 is 11.8 Å². The van der Waals surface area contributed by atoms with Gasteiger partial charge in [0.05, 0.1) is 0 Å². The smallest absolute Gasteiger partial charge is 0.0157 e. The lowest BCUT2D eigenvalue weighted by atomic mass is 10.0. The molecule has 0 saturated carbocycles. The van der Waals surface area contributed by atoms with Crippen molar-refractivity contribution >= 4 is 11.8 Å². The molecule has 0 aliphatic heterocycles. The van der Waals surface area contributed by atoms with Crippen molar-refractivity contribution < 1.29 is 0 Å². The summed E-state index contributed by atoms with van der Waals surface area (Å²) in [4.78, 5) is 2.62. The van der Waals surface area contributed by atoms with E-state index in [-0.39, 0.29) is 0 Å². The van der Waals surface area contributed by atoms with Crippen LogP contribution in [0.25, 0.3) is 22.3 Å². The maximum absolute atomic E-state index is 2.22. The van der Waals surface area contributed by atoms with Gasteiger partial charge in [-0.2, -0.15) is 0 Å². The highest BCUT2D eigenvalue weighted by Crippen LogP contribution is 2.38. The van der Waals surface area contributed by atoms with Gasteiger partial charge in [0.1, 0.15) is 0 Å². The lowest BCUT2D eigenvalue weighted by Gasteiger charge is -2.14. The average Bonchev–Trinajstić information content (AvgIpc) is 2.72. The summed E-state index contributed by atoms with van der Waals surface area (Å²) in [5.74, 6) is 0. The first kappa shape index (κ1) is 17.6. The third-order valence-electron chi connectivity index (χ3n) is 4.96. The average molecular weight is 367 g/mol. The molecular weight excluding hydrogens is 344 g/mol. The van der Waals surface area contributed by atoms with E-state index in [1.165, 1.54) is 43.2 Å². The second-order valence-corrected chi connectivity index (χ2v) is 7.78. The molecule has 0 amide bonds. The molecule has 4 aromatic rings. The molecule has 0 radical (unpaired) electrons. The Hall–Kier alpha value is -2.77. The van der Waals surface area contributed by atoms with E-state index < -0.39 is 0 Å². The van der Waals surface area contributed by atoms with E-state index in [2.05, 4.69) is 111 Å². The maximum atomic E-state index is 2.22. The van der Waals surface area contributed by atoms with Crippen molar-refractivity contribution in [1.29, 1.82) is 0 Å². The molecule has 0 aliphatic carbocycles. The van der Waals surface area contributed by atoms with Gasteiger partial charge in [-0.3, -0.25) is 0 Å². The first-order valence-electron chi connectivity index (χ1n) is 9.22. The Labute approximate surface area is 165 Å². The Morgan fingerprint density at radius 3 is 1.26 bits per heavy atom. The summed E-state index contributed by atoms with van der Waals surface area (Å²) < 4.78 is 0. The zero-order valence-corrected chi connectivity index (χ0v) is 16.5. The van der Waals surface area contributed by atoms with E-state index in [0.717, 1.165) is 0 Å². The second-order valence-electron chi connectivity index (χ2n) is 6.69. The molecule has 0 heterocycles. The zero-order chi connectivity index (χ0) is 18.6. The molecule has 0 fully saturated rings. The van der Waals surface area contributed by atoms with Crippen LogP contribution in [0.5, 0.6) is 0 Å². The van der Waals surface area contributed by atoms with Gasteiger partial charge in [-0.15, -0.1) is 0 Å². The maximum Gasteiger partial charge on any atom is 0.0157 e. The number of hydrogen-bond acceptors (Lipinski definition) is 1. The molecule has 0 unspecified atom stereocenters. The highest BCUT2D eigenvalue weighted by molar-refractivity contribution is 7.99. The number of rotatable bonds is 4. The van der Waals surface area contributed by atoms with Gasteiger partial charge in [-0.25, -0.2) is 0 Å². The van der Waals surface area contributed by atoms with Crippen molar-refractivity contribution in [3.05, 3.63) is 108 Å². The Morgan fingerprint density at radius 1 is 0.444 bits per heavy atom. The van der Waals surface area contributed by atoms with Gasteiger partial charge in [-0.1, -0.05) is 96.7 Å². The van der Waals surface area contributed by atoms with Gasteiger partial charge in [0.2, 0.25) is 0 Å². The van der Waals surface area contributed by atoms with Crippen LogP contribution in [0, 0.1) is 13.8 Å². The molecule has 27 heavy (non-hydrogen) atoms. The van der Waals surface area contributed by atoms with Crippen LogP contribution < -0.4 is 0 Å². The fraction of sp³-hybridized carbons (Fsp3) is 0.0769. The highest BCUT2D eigenvalue weighted by atomic mass is 32.2. The van der Waals surface area contributed by atoms with E-state index in [1.807, 2.05) is 11.8 Å². The van der Waals surface area contributed by atoms with Crippen molar-refractivity contribution in [1.82, 2.24) is 0 Å². The Morgan fingerprint density at radius 2 is 0.852 bits per heavy atom. The third-order valence-corrected chi connectivity index (χ3v) is 6.28. The minimum atomic E-state index is 1.27. The topological polar surface area (TPSA) is 0 Å². The van der Waals surface area contributed by atoms with E-state index in [0.29, 0.717) is 0 Å². The summed E-state index contributed by atoms with van der Waals surface area (Å²) in [5.41, 5.74) is 7.81. The van der Waals surface area contributed by atoms with Gasteiger partial charge >= 0.3 is 0 Å². The molecule has 1 heteroatoms. The fourth-order valence-electron chi connectivity index (χ4n) is 3.43. The van der Waals surface area contributed by atoms with Gasteiger partial charge in [0.15, 0.2) is 0 Å². The Balaban J connectivity index is 1.72. The minimum Gasteiger partial charge on any atom is -0.0895 e. The highest BCUT2D eigenvalue weighted by Gasteiger charge is 2.11. The fourth-order valence-corrected chi connectivity index (χ4v) is 4.49. The van der Waals surface area contributed by atoms with Crippen molar-refractivity contribution in [2.45, 2.75) is 23.6 Å². The summed E-state index contributed by atoms with van der Waals surface area (Å²) >= 11 is 1.86. The zero-order valence-electron chi connectivity index (χ0n) is 15.6. The monoisotopic (exact) mass is 366 g/mol. The van der Waals surface area contributed by atoms with E-state index in [9.17, 15) is 0 Å². The van der Waals surface area contributed by atoms with Gasteiger partial charge in [-0.05, 0) is 59.4 Å². The van der Waals surface area contributed by atoms with Crippen LogP contribution in [0.4, 0.5) is 0 Å². The number of benzene rings is 4. The van der Waals surface area contributed by atoms with Crippen LogP contribution in [-0.4, -0.2) is 0 Å². The molecule has 4 aromatic carbocycles. The molecule has 0 spiro atoms. The quantitative estimate of drug-likeness (QED) is 0.355. The molecule has 4 rings (SSSR count). The molecule has 0 bridgehead atoms. The molecule has 0 aliphatic rings. The van der Waals surface area contributed by atoms with Crippen LogP contribution in [0.1, 0.15) is 11.1 Å². The largest absolute Gasteiger partial charge is 0.0895 e. The number of hydrogen-bond donors (Lipinski definition) is 0. The lowest BCUT2D eigenvalue weighted by molar-refractivity contribution is 1.26. The standard InChI is InChI=1S/C26H22S/c1-19-23(21-11-5-3-6-12-21)15-9-17-25(19)27-26-18-10-16-24(20(26)2)22-13-7-4-8-14-22/h3-18H,1-2H3. The predicted molar refractivity (Wildman–Crippen MR) is 117 cm³/mol. The normalized spacial score (nSPS) is 10.7. The molecule has 0 nitrogen and oxygen atoms in total. The van der Waals surface area contributed by atoms with Gasteiger partial charge in [0, 0.05) is 9.79 Å². The van der Waals surface area contributed by atoms with E-state index in [1.54, 1.807) is 0 Å². The van der Waals surface area contributed by atoms with Crippen LogP contribution in [0.15, 0.2) is 107 Å². The molecular formula is C26H22S. The van der Waals surface area contributed by atoms with Gasteiger partial charge < -0.3 is 0 Å². The summed E-state index contributed by atoms with van der Waals surface area (Å²) in [7, 11) is 0. The summed E-state index contributed by atoms with van der Waals surface area (Å²) in [6.45, 7) is 4.45.